The highest BCUT2D eigenvalue weighted by molar-refractivity contribution is 7.08. The Morgan fingerprint density at radius 1 is 1.60 bits per heavy atom. The summed E-state index contributed by atoms with van der Waals surface area (Å²) in [5, 5.41) is 16.9. The highest BCUT2D eigenvalue weighted by Crippen LogP contribution is 2.21. The lowest BCUT2D eigenvalue weighted by Crippen LogP contribution is -2.04. The number of alkyl halides is 1. The van der Waals surface area contributed by atoms with Crippen LogP contribution in [0.2, 0.25) is 0 Å². The standard InChI is InChI=1S/C10H8FN3S/c11-2-3-14-9(6-12)5-10(13-14)8-1-4-15-7-8/h1,4-5,7H,2-3H2. The molecule has 0 spiro atoms. The van der Waals surface area contributed by atoms with Gasteiger partial charge in [-0.15, -0.1) is 0 Å². The molecular weight excluding hydrogens is 213 g/mol. The summed E-state index contributed by atoms with van der Waals surface area (Å²) in [5.41, 5.74) is 2.09. The number of rotatable bonds is 3. The van der Waals surface area contributed by atoms with Gasteiger partial charge in [-0.1, -0.05) is 0 Å². The van der Waals surface area contributed by atoms with Crippen LogP contribution in [0.5, 0.6) is 0 Å². The third kappa shape index (κ3) is 1.90. The van der Waals surface area contributed by atoms with E-state index < -0.39 is 6.67 Å². The van der Waals surface area contributed by atoms with Gasteiger partial charge in [0.1, 0.15) is 18.4 Å². The number of thiophene rings is 1. The number of aromatic nitrogens is 2. The van der Waals surface area contributed by atoms with Crippen molar-refractivity contribution in [1.29, 1.82) is 5.26 Å². The first kappa shape index (κ1) is 9.87. The lowest BCUT2D eigenvalue weighted by molar-refractivity contribution is 0.426. The smallest absolute Gasteiger partial charge is 0.139 e. The van der Waals surface area contributed by atoms with Gasteiger partial charge in [-0.2, -0.15) is 21.7 Å². The average molecular weight is 221 g/mol. The van der Waals surface area contributed by atoms with E-state index >= 15 is 0 Å². The molecule has 0 aliphatic carbocycles. The second kappa shape index (κ2) is 4.24. The highest BCUT2D eigenvalue weighted by atomic mass is 32.1. The van der Waals surface area contributed by atoms with Gasteiger partial charge in [0.2, 0.25) is 0 Å². The van der Waals surface area contributed by atoms with E-state index in [1.807, 2.05) is 22.9 Å². The van der Waals surface area contributed by atoms with E-state index in [4.69, 9.17) is 5.26 Å². The maximum atomic E-state index is 12.2. The van der Waals surface area contributed by atoms with Gasteiger partial charge in [0.15, 0.2) is 0 Å². The minimum Gasteiger partial charge on any atom is -0.252 e. The van der Waals surface area contributed by atoms with Crippen LogP contribution in [0.4, 0.5) is 4.39 Å². The Morgan fingerprint density at radius 3 is 3.07 bits per heavy atom. The van der Waals surface area contributed by atoms with E-state index in [1.165, 1.54) is 4.68 Å². The van der Waals surface area contributed by atoms with Crippen molar-refractivity contribution in [1.82, 2.24) is 9.78 Å². The van der Waals surface area contributed by atoms with E-state index in [0.717, 1.165) is 11.3 Å². The van der Waals surface area contributed by atoms with Gasteiger partial charge in [0.25, 0.3) is 0 Å². The molecule has 0 amide bonds. The van der Waals surface area contributed by atoms with Gasteiger partial charge in [-0.05, 0) is 11.4 Å². The van der Waals surface area contributed by atoms with Crippen molar-refractivity contribution >= 4 is 11.3 Å². The number of hydrogen-bond acceptors (Lipinski definition) is 3. The molecule has 2 aromatic heterocycles. The second-order valence-electron chi connectivity index (χ2n) is 2.95. The van der Waals surface area contributed by atoms with Gasteiger partial charge in [-0.3, -0.25) is 4.68 Å². The topological polar surface area (TPSA) is 41.6 Å². The molecule has 0 bridgehead atoms. The van der Waals surface area contributed by atoms with Crippen molar-refractivity contribution in [2.24, 2.45) is 0 Å². The molecule has 0 N–H and O–H groups in total. The molecule has 0 saturated heterocycles. The van der Waals surface area contributed by atoms with Crippen molar-refractivity contribution < 1.29 is 4.39 Å². The van der Waals surface area contributed by atoms with Crippen LogP contribution < -0.4 is 0 Å². The molecule has 0 atom stereocenters. The third-order valence-corrected chi connectivity index (χ3v) is 2.69. The predicted molar refractivity (Wildman–Crippen MR) is 56.2 cm³/mol. The number of aryl methyl sites for hydroxylation is 1. The maximum Gasteiger partial charge on any atom is 0.139 e. The summed E-state index contributed by atoms with van der Waals surface area (Å²) in [4.78, 5) is 0. The summed E-state index contributed by atoms with van der Waals surface area (Å²) in [6.07, 6.45) is 0. The van der Waals surface area contributed by atoms with Gasteiger partial charge in [0.05, 0.1) is 12.2 Å². The van der Waals surface area contributed by atoms with Crippen LogP contribution in [-0.2, 0) is 6.54 Å². The molecule has 0 aromatic carbocycles. The Balaban J connectivity index is 2.40. The molecule has 0 fully saturated rings. The summed E-state index contributed by atoms with van der Waals surface area (Å²) < 4.78 is 13.6. The fourth-order valence-electron chi connectivity index (χ4n) is 1.31. The maximum absolute atomic E-state index is 12.2. The SMILES string of the molecule is N#Cc1cc(-c2ccsc2)nn1CCF. The second-order valence-corrected chi connectivity index (χ2v) is 3.73. The molecule has 15 heavy (non-hydrogen) atoms. The van der Waals surface area contributed by atoms with Crippen LogP contribution in [0.3, 0.4) is 0 Å². The highest BCUT2D eigenvalue weighted by Gasteiger charge is 2.08. The molecule has 0 aliphatic rings. The Hall–Kier alpha value is -1.67. The zero-order chi connectivity index (χ0) is 10.7. The lowest BCUT2D eigenvalue weighted by Gasteiger charge is -1.96. The number of nitrogens with zero attached hydrogens (tertiary/aromatic N) is 3. The van der Waals surface area contributed by atoms with Crippen LogP contribution >= 0.6 is 11.3 Å². The summed E-state index contributed by atoms with van der Waals surface area (Å²) in [6, 6.07) is 5.60. The number of hydrogen-bond donors (Lipinski definition) is 0. The number of nitriles is 1. The van der Waals surface area contributed by atoms with Crippen molar-refractivity contribution in [3.63, 3.8) is 0 Å². The molecule has 2 heterocycles. The monoisotopic (exact) mass is 221 g/mol. The molecule has 0 saturated carbocycles. The first-order chi connectivity index (χ1) is 7.35. The van der Waals surface area contributed by atoms with Crippen molar-refractivity contribution in [2.75, 3.05) is 6.67 Å². The van der Waals surface area contributed by atoms with E-state index in [0.29, 0.717) is 5.69 Å². The zero-order valence-electron chi connectivity index (χ0n) is 7.85. The minimum absolute atomic E-state index is 0.132. The molecule has 5 heteroatoms. The van der Waals surface area contributed by atoms with Crippen LogP contribution in [-0.4, -0.2) is 16.5 Å². The van der Waals surface area contributed by atoms with E-state index in [1.54, 1.807) is 17.4 Å². The van der Waals surface area contributed by atoms with Crippen molar-refractivity contribution in [3.8, 4) is 17.3 Å². The molecule has 0 unspecified atom stereocenters. The van der Waals surface area contributed by atoms with E-state index in [2.05, 4.69) is 5.10 Å². The van der Waals surface area contributed by atoms with Gasteiger partial charge in [0, 0.05) is 17.0 Å². The first-order valence-electron chi connectivity index (χ1n) is 4.41. The summed E-state index contributed by atoms with van der Waals surface area (Å²) in [7, 11) is 0. The fraction of sp³-hybridized carbons (Fsp3) is 0.200. The predicted octanol–water partition coefficient (Wildman–Crippen LogP) is 2.45. The van der Waals surface area contributed by atoms with Gasteiger partial charge < -0.3 is 0 Å². The molecule has 3 nitrogen and oxygen atoms in total. The van der Waals surface area contributed by atoms with Gasteiger partial charge >= 0.3 is 0 Å². The van der Waals surface area contributed by atoms with Crippen LogP contribution in [0.25, 0.3) is 11.3 Å². The molecule has 0 aliphatic heterocycles. The van der Waals surface area contributed by atoms with Gasteiger partial charge in [-0.25, -0.2) is 4.39 Å². The fourth-order valence-corrected chi connectivity index (χ4v) is 1.96. The Bertz CT molecular complexity index is 481. The zero-order valence-corrected chi connectivity index (χ0v) is 8.67. The van der Waals surface area contributed by atoms with Crippen molar-refractivity contribution in [3.05, 3.63) is 28.6 Å². The van der Waals surface area contributed by atoms with Crippen LogP contribution in [0, 0.1) is 11.3 Å². The van der Waals surface area contributed by atoms with Crippen LogP contribution in [0.1, 0.15) is 5.69 Å². The third-order valence-electron chi connectivity index (χ3n) is 2.01. The minimum atomic E-state index is -0.514. The summed E-state index contributed by atoms with van der Waals surface area (Å²) in [6.45, 7) is -0.382. The molecule has 76 valence electrons. The van der Waals surface area contributed by atoms with Crippen molar-refractivity contribution in [2.45, 2.75) is 6.54 Å². The molecule has 2 rings (SSSR count). The van der Waals surface area contributed by atoms with E-state index in [9.17, 15) is 4.39 Å². The molecule has 2 aromatic rings. The van der Waals surface area contributed by atoms with E-state index in [-0.39, 0.29) is 6.54 Å². The summed E-state index contributed by atoms with van der Waals surface area (Å²) in [5.74, 6) is 0. The first-order valence-corrected chi connectivity index (χ1v) is 5.36. The van der Waals surface area contributed by atoms with Crippen LogP contribution in [0.15, 0.2) is 22.9 Å². The largest absolute Gasteiger partial charge is 0.252 e. The molecular formula is C10H8FN3S. The quantitative estimate of drug-likeness (QED) is 0.798. The Morgan fingerprint density at radius 2 is 2.47 bits per heavy atom. The summed E-state index contributed by atoms with van der Waals surface area (Å²) >= 11 is 1.56. The Labute approximate surface area is 90.4 Å². The average Bonchev–Trinajstić information content (AvgIpc) is 2.84. The molecule has 0 radical (unpaired) electrons. The number of halogens is 1. The lowest BCUT2D eigenvalue weighted by atomic mass is 10.2. The normalized spacial score (nSPS) is 10.1. The Kier molecular flexibility index (Phi) is 2.79.